The highest BCUT2D eigenvalue weighted by Gasteiger charge is 2.31. The fourth-order valence-electron chi connectivity index (χ4n) is 1.89. The third-order valence-electron chi connectivity index (χ3n) is 3.23. The number of rotatable bonds is 6. The van der Waals surface area contributed by atoms with E-state index in [0.29, 0.717) is 12.5 Å². The van der Waals surface area contributed by atoms with E-state index in [-0.39, 0.29) is 16.3 Å². The summed E-state index contributed by atoms with van der Waals surface area (Å²) in [6.07, 6.45) is 2.02. The Hall–Kier alpha value is -1.71. The molecule has 3 N–H and O–H groups in total. The summed E-state index contributed by atoms with van der Waals surface area (Å²) in [5.74, 6) is 5.66. The largest absolute Gasteiger partial charge is 0.323 e. The van der Waals surface area contributed by atoms with E-state index in [1.165, 1.54) is 23.5 Å². The first-order valence-corrected chi connectivity index (χ1v) is 7.51. The first-order chi connectivity index (χ1) is 9.36. The van der Waals surface area contributed by atoms with Gasteiger partial charge in [-0.25, -0.2) is 12.7 Å². The van der Waals surface area contributed by atoms with E-state index < -0.39 is 14.9 Å². The highest BCUT2D eigenvalue weighted by Crippen LogP contribution is 2.33. The molecule has 0 spiro atoms. The van der Waals surface area contributed by atoms with E-state index in [1.54, 1.807) is 0 Å². The van der Waals surface area contributed by atoms with Crippen molar-refractivity contribution >= 4 is 21.4 Å². The quantitative estimate of drug-likeness (QED) is 0.458. The minimum atomic E-state index is -3.81. The minimum absolute atomic E-state index is 0.137. The van der Waals surface area contributed by atoms with Crippen LogP contribution in [0.2, 0.25) is 0 Å². The van der Waals surface area contributed by atoms with Crippen molar-refractivity contribution in [2.75, 3.05) is 19.0 Å². The third kappa shape index (κ3) is 2.89. The summed E-state index contributed by atoms with van der Waals surface area (Å²) in [6.45, 7) is 0.412. The molecule has 9 heteroatoms. The molecule has 1 aliphatic carbocycles. The first kappa shape index (κ1) is 14.7. The number of non-ortho nitro benzene ring substituents is 1. The number of sulfonamides is 1. The molecule has 20 heavy (non-hydrogen) atoms. The van der Waals surface area contributed by atoms with Crippen molar-refractivity contribution in [3.05, 3.63) is 28.3 Å². The van der Waals surface area contributed by atoms with Crippen molar-refractivity contribution in [1.82, 2.24) is 4.31 Å². The molecule has 0 saturated heterocycles. The van der Waals surface area contributed by atoms with Crippen molar-refractivity contribution in [3.63, 3.8) is 0 Å². The molecule has 0 aromatic heterocycles. The lowest BCUT2D eigenvalue weighted by Crippen LogP contribution is -2.30. The van der Waals surface area contributed by atoms with Crippen LogP contribution in [0.25, 0.3) is 0 Å². The van der Waals surface area contributed by atoms with Gasteiger partial charge in [0.05, 0.1) is 10.6 Å². The summed E-state index contributed by atoms with van der Waals surface area (Å²) in [6, 6.07) is 3.51. The second-order valence-corrected chi connectivity index (χ2v) is 6.82. The second-order valence-electron chi connectivity index (χ2n) is 4.81. The smallest absolute Gasteiger partial charge is 0.270 e. The van der Waals surface area contributed by atoms with Gasteiger partial charge >= 0.3 is 0 Å². The zero-order chi connectivity index (χ0) is 14.9. The highest BCUT2D eigenvalue weighted by atomic mass is 32.2. The number of nitrogens with two attached hydrogens (primary N) is 1. The molecule has 110 valence electrons. The number of nitrogen functional groups attached to an aromatic ring is 1. The summed E-state index contributed by atoms with van der Waals surface area (Å²) in [5, 5.41) is 10.8. The number of nitrogens with zero attached hydrogens (tertiary/aromatic N) is 2. The number of hydrazine groups is 1. The lowest BCUT2D eigenvalue weighted by molar-refractivity contribution is -0.385. The molecular formula is C11H16N4O4S. The van der Waals surface area contributed by atoms with Crippen LogP contribution in [0.15, 0.2) is 23.1 Å². The van der Waals surface area contributed by atoms with Gasteiger partial charge in [0.2, 0.25) is 10.0 Å². The van der Waals surface area contributed by atoms with E-state index in [0.717, 1.165) is 18.9 Å². The molecule has 0 aliphatic heterocycles. The summed E-state index contributed by atoms with van der Waals surface area (Å²) < 4.78 is 26.1. The topological polar surface area (TPSA) is 119 Å². The third-order valence-corrected chi connectivity index (χ3v) is 5.10. The number of nitrogens with one attached hydrogen (secondary N) is 1. The molecule has 0 radical (unpaired) electrons. The fraction of sp³-hybridized carbons (Fsp3) is 0.455. The maximum absolute atomic E-state index is 12.5. The molecule has 1 fully saturated rings. The van der Waals surface area contributed by atoms with Crippen LogP contribution in [0, 0.1) is 16.0 Å². The number of hydrogen-bond acceptors (Lipinski definition) is 6. The number of benzene rings is 1. The first-order valence-electron chi connectivity index (χ1n) is 6.07. The van der Waals surface area contributed by atoms with Gasteiger partial charge in [-0.15, -0.1) is 0 Å². The van der Waals surface area contributed by atoms with Crippen LogP contribution in [0.4, 0.5) is 11.4 Å². The van der Waals surface area contributed by atoms with Crippen LogP contribution >= 0.6 is 0 Å². The molecule has 2 rings (SSSR count). The number of hydrogen-bond donors (Lipinski definition) is 2. The normalized spacial score (nSPS) is 15.3. The van der Waals surface area contributed by atoms with Gasteiger partial charge in [-0.1, -0.05) is 0 Å². The highest BCUT2D eigenvalue weighted by molar-refractivity contribution is 7.89. The van der Waals surface area contributed by atoms with E-state index in [4.69, 9.17) is 5.84 Å². The predicted molar refractivity (Wildman–Crippen MR) is 73.4 cm³/mol. The molecule has 0 heterocycles. The Morgan fingerprint density at radius 3 is 2.65 bits per heavy atom. The molecule has 0 unspecified atom stereocenters. The van der Waals surface area contributed by atoms with Gasteiger partial charge in [-0.2, -0.15) is 0 Å². The van der Waals surface area contributed by atoms with Gasteiger partial charge in [-0.05, 0) is 24.8 Å². The second kappa shape index (κ2) is 5.35. The van der Waals surface area contributed by atoms with E-state index >= 15 is 0 Å². The standard InChI is InChI=1S/C11H16N4O4S/c1-14(7-8-2-3-8)20(18,19)11-6-9(15(16)17)4-5-10(11)13-12/h4-6,8,13H,2-3,7,12H2,1H3. The number of nitro groups is 1. The van der Waals surface area contributed by atoms with E-state index in [9.17, 15) is 18.5 Å². The molecule has 1 aromatic rings. The van der Waals surface area contributed by atoms with Crippen LogP contribution < -0.4 is 11.3 Å². The average Bonchev–Trinajstić information content (AvgIpc) is 3.21. The van der Waals surface area contributed by atoms with Crippen LogP contribution in [0.5, 0.6) is 0 Å². The monoisotopic (exact) mass is 300 g/mol. The molecule has 0 atom stereocenters. The zero-order valence-electron chi connectivity index (χ0n) is 10.9. The van der Waals surface area contributed by atoms with Gasteiger partial charge in [0.25, 0.3) is 5.69 Å². The Bertz CT molecular complexity index is 627. The Morgan fingerprint density at radius 2 is 2.15 bits per heavy atom. The van der Waals surface area contributed by atoms with Crippen molar-refractivity contribution in [1.29, 1.82) is 0 Å². The summed E-state index contributed by atoms with van der Waals surface area (Å²) in [5.41, 5.74) is 2.11. The van der Waals surface area contributed by atoms with Crippen molar-refractivity contribution in [2.45, 2.75) is 17.7 Å². The van der Waals surface area contributed by atoms with Gasteiger partial charge in [0.1, 0.15) is 4.90 Å². The zero-order valence-corrected chi connectivity index (χ0v) is 11.8. The van der Waals surface area contributed by atoms with Crippen molar-refractivity contribution < 1.29 is 13.3 Å². The minimum Gasteiger partial charge on any atom is -0.323 e. The van der Waals surface area contributed by atoms with Crippen LogP contribution in [-0.2, 0) is 10.0 Å². The Kier molecular flexibility index (Phi) is 3.93. The molecule has 1 saturated carbocycles. The van der Waals surface area contributed by atoms with E-state index in [1.807, 2.05) is 0 Å². The fourth-order valence-corrected chi connectivity index (χ4v) is 3.30. The molecule has 8 nitrogen and oxygen atoms in total. The Labute approximate surface area is 116 Å². The Balaban J connectivity index is 2.42. The maximum atomic E-state index is 12.5. The SMILES string of the molecule is CN(CC1CC1)S(=O)(=O)c1cc([N+](=O)[O-])ccc1NN. The summed E-state index contributed by atoms with van der Waals surface area (Å²) in [7, 11) is -2.34. The lowest BCUT2D eigenvalue weighted by atomic mass is 10.3. The van der Waals surface area contributed by atoms with Crippen molar-refractivity contribution in [2.24, 2.45) is 11.8 Å². The molecular weight excluding hydrogens is 284 g/mol. The summed E-state index contributed by atoms with van der Waals surface area (Å²) >= 11 is 0. The number of anilines is 1. The van der Waals surface area contributed by atoms with Gasteiger partial charge in [0.15, 0.2) is 0 Å². The summed E-state index contributed by atoms with van der Waals surface area (Å²) in [4.78, 5) is 9.96. The van der Waals surface area contributed by atoms with Gasteiger partial charge in [0, 0.05) is 25.7 Å². The van der Waals surface area contributed by atoms with Crippen LogP contribution in [-0.4, -0.2) is 31.2 Å². The van der Waals surface area contributed by atoms with Gasteiger partial charge < -0.3 is 5.43 Å². The van der Waals surface area contributed by atoms with Crippen molar-refractivity contribution in [3.8, 4) is 0 Å². The lowest BCUT2D eigenvalue weighted by Gasteiger charge is -2.18. The molecule has 1 aliphatic rings. The van der Waals surface area contributed by atoms with Crippen LogP contribution in [0.1, 0.15) is 12.8 Å². The van der Waals surface area contributed by atoms with Gasteiger partial charge in [-0.3, -0.25) is 16.0 Å². The molecule has 0 amide bonds. The average molecular weight is 300 g/mol. The molecule has 0 bridgehead atoms. The Morgan fingerprint density at radius 1 is 1.50 bits per heavy atom. The molecule has 1 aromatic carbocycles. The van der Waals surface area contributed by atoms with E-state index in [2.05, 4.69) is 5.43 Å². The maximum Gasteiger partial charge on any atom is 0.270 e. The number of nitro benzene ring substituents is 1. The van der Waals surface area contributed by atoms with Crippen LogP contribution in [0.3, 0.4) is 0 Å². The predicted octanol–water partition coefficient (Wildman–Crippen LogP) is 0.911.